The fraction of sp³-hybridized carbons (Fsp3) is 0.682. The third kappa shape index (κ3) is 3.10. The van der Waals surface area contributed by atoms with Gasteiger partial charge in [0.15, 0.2) is 11.5 Å². The van der Waals surface area contributed by atoms with Crippen LogP contribution in [0, 0.1) is 0 Å². The predicted molar refractivity (Wildman–Crippen MR) is 105 cm³/mol. The Hall–Kier alpha value is -1.75. The van der Waals surface area contributed by atoms with E-state index in [1.807, 2.05) is 12.1 Å². The smallest absolute Gasteiger partial charge is 0.233 e. The number of fused-ring (bicyclic) bond motifs is 2. The lowest BCUT2D eigenvalue weighted by Gasteiger charge is -2.38. The monoisotopic (exact) mass is 372 g/mol. The van der Waals surface area contributed by atoms with E-state index < -0.39 is 5.41 Å². The fourth-order valence-corrected chi connectivity index (χ4v) is 5.56. The van der Waals surface area contributed by atoms with Gasteiger partial charge in [-0.25, -0.2) is 0 Å². The summed E-state index contributed by atoms with van der Waals surface area (Å²) >= 11 is 0. The SMILES string of the molecule is COc1ccc(C2(C(=O)N3[C@@H]4CC[C@H]3CN(C)CC4)CCCC2)cc1OC. The number of benzene rings is 1. The number of hydrogen-bond donors (Lipinski definition) is 0. The standard InChI is InChI=1S/C22H32N2O3/c1-23-13-10-17-7-8-18(15-23)24(17)21(25)22(11-4-5-12-22)16-6-9-19(26-2)20(14-16)27-3/h6,9,14,17-18H,4-5,7-8,10-13,15H2,1-3H3/t17-,18+/m1/s1. The fourth-order valence-electron chi connectivity index (χ4n) is 5.56. The van der Waals surface area contributed by atoms with Gasteiger partial charge in [0.1, 0.15) is 0 Å². The molecule has 2 bridgehead atoms. The largest absolute Gasteiger partial charge is 0.493 e. The predicted octanol–water partition coefficient (Wildman–Crippen LogP) is 3.21. The van der Waals surface area contributed by atoms with Crippen molar-refractivity contribution in [1.82, 2.24) is 9.80 Å². The van der Waals surface area contributed by atoms with Crippen molar-refractivity contribution in [2.45, 2.75) is 62.4 Å². The van der Waals surface area contributed by atoms with Crippen LogP contribution in [0.4, 0.5) is 0 Å². The van der Waals surface area contributed by atoms with Crippen LogP contribution in [0.5, 0.6) is 11.5 Å². The highest BCUT2D eigenvalue weighted by molar-refractivity contribution is 5.89. The first-order chi connectivity index (χ1) is 13.1. The highest BCUT2D eigenvalue weighted by Crippen LogP contribution is 2.47. The number of likely N-dealkylation sites (N-methyl/N-ethyl adjacent to an activating group) is 1. The summed E-state index contributed by atoms with van der Waals surface area (Å²) in [5.74, 6) is 1.79. The number of carbonyl (C=O) groups is 1. The van der Waals surface area contributed by atoms with E-state index in [1.165, 1.54) is 0 Å². The molecule has 2 heterocycles. The Labute approximate surface area is 162 Å². The molecule has 27 heavy (non-hydrogen) atoms. The minimum atomic E-state index is -0.400. The number of ether oxygens (including phenoxy) is 2. The van der Waals surface area contributed by atoms with Crippen LogP contribution >= 0.6 is 0 Å². The molecule has 5 heteroatoms. The summed E-state index contributed by atoms with van der Waals surface area (Å²) in [6, 6.07) is 6.84. The van der Waals surface area contributed by atoms with Gasteiger partial charge in [0.2, 0.25) is 5.91 Å². The second-order valence-electron chi connectivity index (χ2n) is 8.51. The summed E-state index contributed by atoms with van der Waals surface area (Å²) in [5, 5.41) is 0. The van der Waals surface area contributed by atoms with Gasteiger partial charge in [-0.2, -0.15) is 0 Å². The minimum absolute atomic E-state index is 0.356. The zero-order valence-electron chi connectivity index (χ0n) is 16.9. The number of likely N-dealkylation sites (tertiary alicyclic amines) is 1. The molecule has 0 aromatic heterocycles. The van der Waals surface area contributed by atoms with Crippen molar-refractivity contribution in [1.29, 1.82) is 0 Å². The van der Waals surface area contributed by atoms with E-state index in [0.29, 0.717) is 23.7 Å². The molecule has 0 N–H and O–H groups in total. The molecular formula is C22H32N2O3. The lowest BCUT2D eigenvalue weighted by Crippen LogP contribution is -2.51. The molecule has 1 amide bonds. The number of hydrogen-bond acceptors (Lipinski definition) is 4. The van der Waals surface area contributed by atoms with E-state index >= 15 is 0 Å². The van der Waals surface area contributed by atoms with Gasteiger partial charge in [-0.05, 0) is 63.4 Å². The first-order valence-electron chi connectivity index (χ1n) is 10.3. The van der Waals surface area contributed by atoms with Gasteiger partial charge in [-0.3, -0.25) is 4.79 Å². The number of amides is 1. The highest BCUT2D eigenvalue weighted by Gasteiger charge is 2.50. The van der Waals surface area contributed by atoms with Crippen LogP contribution in [0.3, 0.4) is 0 Å². The maximum atomic E-state index is 14.0. The molecule has 3 aliphatic rings. The Kier molecular flexibility index (Phi) is 5.06. The van der Waals surface area contributed by atoms with E-state index in [4.69, 9.17) is 9.47 Å². The van der Waals surface area contributed by atoms with Gasteiger partial charge in [-0.1, -0.05) is 18.9 Å². The molecule has 1 saturated carbocycles. The van der Waals surface area contributed by atoms with Crippen LogP contribution in [-0.2, 0) is 10.2 Å². The number of carbonyl (C=O) groups excluding carboxylic acids is 1. The average Bonchev–Trinajstić information content (AvgIpc) is 3.29. The number of rotatable bonds is 4. The molecular weight excluding hydrogens is 340 g/mol. The van der Waals surface area contributed by atoms with Crippen molar-refractivity contribution in [3.05, 3.63) is 23.8 Å². The molecule has 1 aromatic rings. The molecule has 4 rings (SSSR count). The van der Waals surface area contributed by atoms with Crippen molar-refractivity contribution in [2.75, 3.05) is 34.4 Å². The van der Waals surface area contributed by atoms with Gasteiger partial charge in [0, 0.05) is 18.6 Å². The van der Waals surface area contributed by atoms with Gasteiger partial charge in [0.05, 0.1) is 19.6 Å². The summed E-state index contributed by atoms with van der Waals surface area (Å²) in [7, 11) is 5.50. The molecule has 0 spiro atoms. The van der Waals surface area contributed by atoms with Crippen molar-refractivity contribution in [2.24, 2.45) is 0 Å². The quantitative estimate of drug-likeness (QED) is 0.814. The van der Waals surface area contributed by atoms with Crippen LogP contribution in [0.25, 0.3) is 0 Å². The van der Waals surface area contributed by atoms with Crippen LogP contribution in [0.2, 0.25) is 0 Å². The van der Waals surface area contributed by atoms with E-state index in [2.05, 4.69) is 22.9 Å². The molecule has 2 atom stereocenters. The molecule has 2 saturated heterocycles. The van der Waals surface area contributed by atoms with E-state index in [9.17, 15) is 4.79 Å². The molecule has 0 unspecified atom stereocenters. The van der Waals surface area contributed by atoms with Crippen molar-refractivity contribution < 1.29 is 14.3 Å². The second-order valence-corrected chi connectivity index (χ2v) is 8.51. The maximum Gasteiger partial charge on any atom is 0.233 e. The lowest BCUT2D eigenvalue weighted by molar-refractivity contribution is -0.140. The maximum absolute atomic E-state index is 14.0. The Morgan fingerprint density at radius 1 is 1.04 bits per heavy atom. The lowest BCUT2D eigenvalue weighted by atomic mass is 9.77. The van der Waals surface area contributed by atoms with Gasteiger partial charge < -0.3 is 19.3 Å². The summed E-state index contributed by atoms with van der Waals surface area (Å²) in [6.45, 7) is 2.10. The van der Waals surface area contributed by atoms with Crippen LogP contribution in [-0.4, -0.2) is 62.1 Å². The molecule has 2 aliphatic heterocycles. The summed E-state index contributed by atoms with van der Waals surface area (Å²) in [5.41, 5.74) is 0.697. The summed E-state index contributed by atoms with van der Waals surface area (Å²) in [6.07, 6.45) is 7.50. The van der Waals surface area contributed by atoms with Crippen LogP contribution < -0.4 is 9.47 Å². The first-order valence-corrected chi connectivity index (χ1v) is 10.3. The zero-order valence-corrected chi connectivity index (χ0v) is 16.9. The average molecular weight is 373 g/mol. The Bertz CT molecular complexity index is 699. The normalized spacial score (nSPS) is 27.4. The highest BCUT2D eigenvalue weighted by atomic mass is 16.5. The van der Waals surface area contributed by atoms with Crippen LogP contribution in [0.15, 0.2) is 18.2 Å². The topological polar surface area (TPSA) is 42.0 Å². The number of nitrogens with zero attached hydrogens (tertiary/aromatic N) is 2. The van der Waals surface area contributed by atoms with E-state index in [0.717, 1.165) is 69.3 Å². The molecule has 3 fully saturated rings. The zero-order chi connectivity index (χ0) is 19.0. The first kappa shape index (κ1) is 18.6. The molecule has 0 radical (unpaired) electrons. The molecule has 148 valence electrons. The second kappa shape index (κ2) is 7.34. The molecule has 1 aliphatic carbocycles. The van der Waals surface area contributed by atoms with Crippen molar-refractivity contribution >= 4 is 5.91 Å². The van der Waals surface area contributed by atoms with Crippen LogP contribution in [0.1, 0.15) is 50.5 Å². The molecule has 1 aromatic carbocycles. The van der Waals surface area contributed by atoms with E-state index in [-0.39, 0.29) is 0 Å². The van der Waals surface area contributed by atoms with Gasteiger partial charge >= 0.3 is 0 Å². The van der Waals surface area contributed by atoms with Crippen molar-refractivity contribution in [3.8, 4) is 11.5 Å². The molecule has 5 nitrogen and oxygen atoms in total. The summed E-state index contributed by atoms with van der Waals surface area (Å²) in [4.78, 5) is 18.7. The Balaban J connectivity index is 1.71. The van der Waals surface area contributed by atoms with E-state index in [1.54, 1.807) is 14.2 Å². The Morgan fingerprint density at radius 3 is 2.44 bits per heavy atom. The van der Waals surface area contributed by atoms with Gasteiger partial charge in [0.25, 0.3) is 0 Å². The number of methoxy groups -OCH3 is 2. The third-order valence-electron chi connectivity index (χ3n) is 7.02. The summed E-state index contributed by atoms with van der Waals surface area (Å²) < 4.78 is 10.9. The Morgan fingerprint density at radius 2 is 1.74 bits per heavy atom. The van der Waals surface area contributed by atoms with Crippen molar-refractivity contribution in [3.63, 3.8) is 0 Å². The third-order valence-corrected chi connectivity index (χ3v) is 7.02. The van der Waals surface area contributed by atoms with Gasteiger partial charge in [-0.15, -0.1) is 0 Å². The minimum Gasteiger partial charge on any atom is -0.493 e.